The van der Waals surface area contributed by atoms with E-state index in [4.69, 9.17) is 5.53 Å². The van der Waals surface area contributed by atoms with E-state index in [1.165, 1.54) is 0 Å². The van der Waals surface area contributed by atoms with Gasteiger partial charge in [0, 0.05) is 10.5 Å². The highest BCUT2D eigenvalue weighted by Gasteiger charge is 2.42. The Labute approximate surface area is 102 Å². The highest BCUT2D eigenvalue weighted by molar-refractivity contribution is 9.10. The molecule has 16 heavy (non-hydrogen) atoms. The molecule has 0 saturated heterocycles. The maximum Gasteiger partial charge on any atom is 0.389 e. The molecule has 1 heterocycles. The van der Waals surface area contributed by atoms with Crippen LogP contribution < -0.4 is 4.90 Å². The molecule has 0 N–H and O–H groups in total. The number of rotatable bonds is 1. The van der Waals surface area contributed by atoms with Crippen molar-refractivity contribution in [2.24, 2.45) is 0 Å². The van der Waals surface area contributed by atoms with Gasteiger partial charge in [-0.05, 0) is 41.9 Å². The Morgan fingerprint density at radius 2 is 2.12 bits per heavy atom. The van der Waals surface area contributed by atoms with E-state index in [2.05, 4.69) is 20.7 Å². The molecule has 0 aromatic heterocycles. The van der Waals surface area contributed by atoms with E-state index >= 15 is 0 Å². The number of hydrogen-bond acceptors (Lipinski definition) is 1. The van der Waals surface area contributed by atoms with Crippen LogP contribution in [0.1, 0.15) is 19.4 Å². The fourth-order valence-electron chi connectivity index (χ4n) is 1.87. The van der Waals surface area contributed by atoms with Crippen LogP contribution in [-0.4, -0.2) is 22.5 Å². The van der Waals surface area contributed by atoms with Crippen LogP contribution in [0, 0.1) is 0 Å². The standard InChI is InChI=1S/C11H10BrN3O/c1-6(2)15-10-7(4-3-5-8(10)12)9(14-13)11(15)16/h3-6H,1-2H3. The first-order valence-electron chi connectivity index (χ1n) is 4.92. The zero-order chi connectivity index (χ0) is 11.9. The Morgan fingerprint density at radius 1 is 1.44 bits per heavy atom. The predicted molar refractivity (Wildman–Crippen MR) is 64.5 cm³/mol. The van der Waals surface area contributed by atoms with E-state index < -0.39 is 0 Å². The van der Waals surface area contributed by atoms with E-state index in [1.807, 2.05) is 26.0 Å². The fraction of sp³-hybridized carbons (Fsp3) is 0.273. The van der Waals surface area contributed by atoms with Crippen LogP contribution in [0.25, 0.3) is 5.53 Å². The minimum absolute atomic E-state index is 0.0178. The van der Waals surface area contributed by atoms with Crippen LogP contribution in [-0.2, 0) is 4.79 Å². The maximum atomic E-state index is 12.0. The van der Waals surface area contributed by atoms with E-state index in [9.17, 15) is 4.79 Å². The number of hydrogen-bond donors (Lipinski definition) is 0. The second-order valence-electron chi connectivity index (χ2n) is 3.85. The minimum Gasteiger partial charge on any atom is -0.361 e. The van der Waals surface area contributed by atoms with Gasteiger partial charge in [-0.2, -0.15) is 4.79 Å². The van der Waals surface area contributed by atoms with Crippen molar-refractivity contribution in [2.75, 3.05) is 4.90 Å². The first-order valence-corrected chi connectivity index (χ1v) is 5.71. The number of nitrogens with zero attached hydrogens (tertiary/aromatic N) is 3. The van der Waals surface area contributed by atoms with Crippen molar-refractivity contribution in [3.8, 4) is 0 Å². The van der Waals surface area contributed by atoms with Gasteiger partial charge in [-0.25, -0.2) is 0 Å². The summed E-state index contributed by atoms with van der Waals surface area (Å²) >= 11 is 3.41. The first-order chi connectivity index (χ1) is 7.57. The predicted octanol–water partition coefficient (Wildman–Crippen LogP) is 2.22. The summed E-state index contributed by atoms with van der Waals surface area (Å²) in [4.78, 5) is 16.7. The Morgan fingerprint density at radius 3 is 2.69 bits per heavy atom. The van der Waals surface area contributed by atoms with Crippen molar-refractivity contribution in [2.45, 2.75) is 19.9 Å². The van der Waals surface area contributed by atoms with E-state index in [1.54, 1.807) is 11.0 Å². The minimum atomic E-state index is -0.264. The van der Waals surface area contributed by atoms with Crippen molar-refractivity contribution in [3.63, 3.8) is 0 Å². The molecular weight excluding hydrogens is 270 g/mol. The van der Waals surface area contributed by atoms with E-state index in [0.29, 0.717) is 5.56 Å². The summed E-state index contributed by atoms with van der Waals surface area (Å²) < 4.78 is 0.825. The average molecular weight is 280 g/mol. The Bertz CT molecular complexity index is 518. The van der Waals surface area contributed by atoms with Gasteiger partial charge in [0.25, 0.3) is 0 Å². The summed E-state index contributed by atoms with van der Waals surface area (Å²) in [5, 5.41) is 0. The first kappa shape index (κ1) is 11.0. The van der Waals surface area contributed by atoms with Crippen LogP contribution in [0.15, 0.2) is 22.7 Å². The molecular formula is C11H10BrN3O. The number of para-hydroxylation sites is 1. The van der Waals surface area contributed by atoms with Gasteiger partial charge in [0.1, 0.15) is 0 Å². The lowest BCUT2D eigenvalue weighted by Gasteiger charge is -2.21. The summed E-state index contributed by atoms with van der Waals surface area (Å²) in [7, 11) is 0. The van der Waals surface area contributed by atoms with Gasteiger partial charge in [0.2, 0.25) is 0 Å². The number of benzene rings is 1. The van der Waals surface area contributed by atoms with Gasteiger partial charge < -0.3 is 5.53 Å². The van der Waals surface area contributed by atoms with Crippen LogP contribution in [0.5, 0.6) is 0 Å². The van der Waals surface area contributed by atoms with Crippen LogP contribution >= 0.6 is 15.9 Å². The van der Waals surface area contributed by atoms with Crippen LogP contribution in [0.3, 0.4) is 0 Å². The fourth-order valence-corrected chi connectivity index (χ4v) is 2.43. The third-order valence-electron chi connectivity index (χ3n) is 2.52. The number of fused-ring (bicyclic) bond motifs is 1. The van der Waals surface area contributed by atoms with Crippen molar-refractivity contribution >= 4 is 33.2 Å². The molecule has 5 heteroatoms. The maximum absolute atomic E-state index is 12.0. The highest BCUT2D eigenvalue weighted by atomic mass is 79.9. The molecule has 0 unspecified atom stereocenters. The molecule has 1 aromatic rings. The van der Waals surface area contributed by atoms with Crippen molar-refractivity contribution in [1.82, 2.24) is 0 Å². The van der Waals surface area contributed by atoms with Crippen molar-refractivity contribution in [3.05, 3.63) is 33.8 Å². The largest absolute Gasteiger partial charge is 0.389 e. The van der Waals surface area contributed by atoms with Crippen LogP contribution in [0.4, 0.5) is 5.69 Å². The van der Waals surface area contributed by atoms with Gasteiger partial charge in [0.15, 0.2) is 0 Å². The Kier molecular flexibility index (Phi) is 2.66. The van der Waals surface area contributed by atoms with E-state index in [0.717, 1.165) is 10.2 Å². The second kappa shape index (κ2) is 3.85. The normalized spacial score (nSPS) is 14.4. The number of halogens is 1. The summed E-state index contributed by atoms with van der Waals surface area (Å²) in [5.74, 6) is -0.264. The smallest absolute Gasteiger partial charge is 0.361 e. The third kappa shape index (κ3) is 1.40. The monoisotopic (exact) mass is 279 g/mol. The van der Waals surface area contributed by atoms with Gasteiger partial charge in [-0.3, -0.25) is 9.69 Å². The highest BCUT2D eigenvalue weighted by Crippen LogP contribution is 2.36. The molecule has 0 aliphatic carbocycles. The molecule has 0 radical (unpaired) electrons. The lowest BCUT2D eigenvalue weighted by molar-refractivity contribution is -0.116. The molecule has 0 bridgehead atoms. The Balaban J connectivity index is 2.75. The molecule has 1 amide bonds. The molecule has 4 nitrogen and oxygen atoms in total. The molecule has 0 fully saturated rings. The molecule has 0 saturated carbocycles. The van der Waals surface area contributed by atoms with Crippen LogP contribution in [0.2, 0.25) is 0 Å². The summed E-state index contributed by atoms with van der Waals surface area (Å²) in [5.41, 5.74) is 10.4. The number of carbonyl (C=O) groups excluding carboxylic acids is 1. The molecule has 0 atom stereocenters. The molecule has 1 aromatic carbocycles. The second-order valence-corrected chi connectivity index (χ2v) is 4.71. The lowest BCUT2D eigenvalue weighted by atomic mass is 10.1. The summed E-state index contributed by atoms with van der Waals surface area (Å²) in [6, 6.07) is 5.46. The zero-order valence-corrected chi connectivity index (χ0v) is 10.5. The topological polar surface area (TPSA) is 56.7 Å². The quantitative estimate of drug-likeness (QED) is 0.574. The Hall–Kier alpha value is -1.45. The van der Waals surface area contributed by atoms with Crippen molar-refractivity contribution in [1.29, 1.82) is 0 Å². The SMILES string of the molecule is CC(C)N1C(=O)C(=[N+]=[N-])c2cccc(Br)c21. The van der Waals surface area contributed by atoms with E-state index in [-0.39, 0.29) is 17.7 Å². The molecule has 0 spiro atoms. The summed E-state index contributed by atoms with van der Waals surface area (Å²) in [6.45, 7) is 3.84. The average Bonchev–Trinajstić information content (AvgIpc) is 2.51. The lowest BCUT2D eigenvalue weighted by Crippen LogP contribution is -2.36. The number of carbonyl (C=O) groups is 1. The molecule has 2 rings (SSSR count). The molecule has 1 aliphatic rings. The third-order valence-corrected chi connectivity index (χ3v) is 3.16. The van der Waals surface area contributed by atoms with Gasteiger partial charge in [0.05, 0.1) is 11.3 Å². The van der Waals surface area contributed by atoms with Gasteiger partial charge in [-0.1, -0.05) is 6.07 Å². The molecule has 1 aliphatic heterocycles. The summed E-state index contributed by atoms with van der Waals surface area (Å²) in [6.07, 6.45) is 0. The number of amides is 1. The van der Waals surface area contributed by atoms with Gasteiger partial charge >= 0.3 is 11.6 Å². The number of anilines is 1. The van der Waals surface area contributed by atoms with Crippen molar-refractivity contribution < 1.29 is 9.58 Å². The zero-order valence-electron chi connectivity index (χ0n) is 8.94. The molecule has 82 valence electrons. The van der Waals surface area contributed by atoms with Gasteiger partial charge in [-0.15, -0.1) is 0 Å².